The van der Waals surface area contributed by atoms with Crippen molar-refractivity contribution in [2.45, 2.75) is 51.1 Å². The van der Waals surface area contributed by atoms with Crippen molar-refractivity contribution in [3.63, 3.8) is 0 Å². The molecule has 12 heteroatoms. The maximum atomic E-state index is 14.4. The second-order valence-corrected chi connectivity index (χ2v) is 12.2. The summed E-state index contributed by atoms with van der Waals surface area (Å²) in [5.74, 6) is 0.157. The number of amides is 2. The van der Waals surface area contributed by atoms with E-state index in [2.05, 4.69) is 5.32 Å². The molecule has 0 aliphatic heterocycles. The number of benzene rings is 3. The first-order chi connectivity index (χ1) is 21.5. The van der Waals surface area contributed by atoms with Crippen LogP contribution in [0.25, 0.3) is 0 Å². The largest absolute Gasteiger partial charge is 0.497 e. The van der Waals surface area contributed by atoms with E-state index in [1.807, 2.05) is 38.1 Å². The first kappa shape index (κ1) is 35.0. The lowest BCUT2D eigenvalue weighted by Gasteiger charge is -2.32. The normalized spacial score (nSPS) is 11.7. The summed E-state index contributed by atoms with van der Waals surface area (Å²) in [6, 6.07) is 15.5. The molecule has 3 rings (SSSR count). The number of unbranched alkanes of at least 4 members (excludes halogenated alkanes) is 1. The molecule has 0 bridgehead atoms. The van der Waals surface area contributed by atoms with E-state index >= 15 is 0 Å². The Labute approximate surface area is 266 Å². The van der Waals surface area contributed by atoms with Crippen molar-refractivity contribution in [1.29, 1.82) is 0 Å². The summed E-state index contributed by atoms with van der Waals surface area (Å²) in [7, 11) is 1.27. The van der Waals surface area contributed by atoms with Crippen molar-refractivity contribution >= 4 is 27.5 Å². The van der Waals surface area contributed by atoms with Crippen LogP contribution in [0, 0.1) is 6.92 Å². The molecule has 0 aliphatic carbocycles. The summed E-state index contributed by atoms with van der Waals surface area (Å²) in [5.41, 5.74) is 1.83. The van der Waals surface area contributed by atoms with Gasteiger partial charge in [-0.3, -0.25) is 13.9 Å². The maximum Gasteiger partial charge on any atom is 0.265 e. The lowest BCUT2D eigenvalue weighted by Crippen LogP contribution is -2.51. The van der Waals surface area contributed by atoms with Gasteiger partial charge < -0.3 is 29.2 Å². The zero-order chi connectivity index (χ0) is 33.1. The molecule has 0 spiro atoms. The average Bonchev–Trinajstić information content (AvgIpc) is 3.05. The highest BCUT2D eigenvalue weighted by atomic mass is 32.2. The Balaban J connectivity index is 2.15. The second kappa shape index (κ2) is 16.0. The predicted octanol–water partition coefficient (Wildman–Crippen LogP) is 4.56. The highest BCUT2D eigenvalue weighted by Gasteiger charge is 2.34. The number of hydrogen-bond donors (Lipinski definition) is 1. The van der Waals surface area contributed by atoms with Crippen LogP contribution >= 0.6 is 0 Å². The first-order valence-electron chi connectivity index (χ1n) is 14.6. The smallest absolute Gasteiger partial charge is 0.265 e. The van der Waals surface area contributed by atoms with Gasteiger partial charge in [-0.2, -0.15) is 0 Å². The van der Waals surface area contributed by atoms with Gasteiger partial charge in [-0.25, -0.2) is 8.42 Å². The van der Waals surface area contributed by atoms with Crippen molar-refractivity contribution in [2.75, 3.05) is 45.8 Å². The molecule has 0 saturated heterocycles. The molecule has 3 aromatic carbocycles. The summed E-state index contributed by atoms with van der Waals surface area (Å²) < 4.78 is 51.3. The number of aryl methyl sites for hydroxylation is 1. The van der Waals surface area contributed by atoms with Gasteiger partial charge >= 0.3 is 0 Å². The van der Waals surface area contributed by atoms with E-state index in [9.17, 15) is 18.0 Å². The Bertz CT molecular complexity index is 1580. The summed E-state index contributed by atoms with van der Waals surface area (Å²) in [6.45, 7) is 5.48. The fraction of sp³-hybridized carbons (Fsp3) is 0.394. The molecular formula is C33H43N3O8S. The molecule has 45 heavy (non-hydrogen) atoms. The molecule has 1 N–H and O–H groups in total. The van der Waals surface area contributed by atoms with Crippen LogP contribution in [0.5, 0.6) is 23.0 Å². The molecule has 0 fully saturated rings. The zero-order valence-corrected chi connectivity index (χ0v) is 27.8. The number of rotatable bonds is 16. The van der Waals surface area contributed by atoms with Crippen molar-refractivity contribution in [3.05, 3.63) is 71.8 Å². The number of hydrogen-bond acceptors (Lipinski definition) is 8. The first-order valence-corrected chi connectivity index (χ1v) is 16.0. The molecule has 0 saturated carbocycles. The van der Waals surface area contributed by atoms with Gasteiger partial charge in [0.25, 0.3) is 10.0 Å². The van der Waals surface area contributed by atoms with Gasteiger partial charge in [-0.15, -0.1) is 0 Å². The molecule has 0 aliphatic rings. The van der Waals surface area contributed by atoms with Crippen molar-refractivity contribution in [3.8, 4) is 23.0 Å². The SMILES string of the molecule is CCCCNC(=O)[C@@H](C)N(Cc1ccccc1C)C(=O)CN(c1cc(OC)ccc1OC)S(=O)(=O)c1ccc(OC)c(OC)c1. The number of nitrogens with zero attached hydrogens (tertiary/aromatic N) is 2. The van der Waals surface area contributed by atoms with E-state index in [0.717, 1.165) is 28.3 Å². The number of carbonyl (C=O) groups excluding carboxylic acids is 2. The third-order valence-corrected chi connectivity index (χ3v) is 9.23. The number of nitrogens with one attached hydrogen (secondary N) is 1. The van der Waals surface area contributed by atoms with E-state index < -0.39 is 28.5 Å². The lowest BCUT2D eigenvalue weighted by atomic mass is 10.1. The Morgan fingerprint density at radius 2 is 1.53 bits per heavy atom. The molecule has 244 valence electrons. The lowest BCUT2D eigenvalue weighted by molar-refractivity contribution is -0.139. The molecule has 0 radical (unpaired) electrons. The van der Waals surface area contributed by atoms with E-state index in [1.165, 1.54) is 57.6 Å². The highest BCUT2D eigenvalue weighted by Crippen LogP contribution is 2.37. The zero-order valence-electron chi connectivity index (χ0n) is 27.0. The molecule has 3 aromatic rings. The summed E-state index contributed by atoms with van der Waals surface area (Å²) in [4.78, 5) is 28.8. The Morgan fingerprint density at radius 3 is 2.16 bits per heavy atom. The molecule has 11 nitrogen and oxygen atoms in total. The van der Waals surface area contributed by atoms with Gasteiger partial charge in [0, 0.05) is 25.2 Å². The molecule has 0 heterocycles. The summed E-state index contributed by atoms with van der Waals surface area (Å²) in [6.07, 6.45) is 1.68. The molecular weight excluding hydrogens is 598 g/mol. The maximum absolute atomic E-state index is 14.4. The van der Waals surface area contributed by atoms with Gasteiger partial charge in [0.1, 0.15) is 24.1 Å². The quantitative estimate of drug-likeness (QED) is 0.226. The van der Waals surface area contributed by atoms with Gasteiger partial charge in [0.05, 0.1) is 39.0 Å². The van der Waals surface area contributed by atoms with E-state index in [0.29, 0.717) is 18.0 Å². The topological polar surface area (TPSA) is 124 Å². The van der Waals surface area contributed by atoms with Gasteiger partial charge in [-0.05, 0) is 55.7 Å². The minimum atomic E-state index is -4.43. The summed E-state index contributed by atoms with van der Waals surface area (Å²) >= 11 is 0. The van der Waals surface area contributed by atoms with E-state index in [4.69, 9.17) is 18.9 Å². The summed E-state index contributed by atoms with van der Waals surface area (Å²) in [5, 5.41) is 2.89. The number of ether oxygens (including phenoxy) is 4. The van der Waals surface area contributed by atoms with Crippen LogP contribution in [-0.4, -0.2) is 72.7 Å². The monoisotopic (exact) mass is 641 g/mol. The highest BCUT2D eigenvalue weighted by molar-refractivity contribution is 7.92. The predicted molar refractivity (Wildman–Crippen MR) is 173 cm³/mol. The van der Waals surface area contributed by atoms with Crippen LogP contribution in [0.15, 0.2) is 65.6 Å². The van der Waals surface area contributed by atoms with Crippen LogP contribution in [0.2, 0.25) is 0 Å². The molecule has 0 unspecified atom stereocenters. The standard InChI is InChI=1S/C33H43N3O8S/c1-8-9-18-34-33(38)24(3)35(21-25-13-11-10-12-23(25)2)32(37)22-36(28-19-26(41-4)14-16-29(28)42-5)45(39,40)27-15-17-30(43-6)31(20-27)44-7/h10-17,19-20,24H,8-9,18,21-22H2,1-7H3,(H,34,38)/t24-/m1/s1. The van der Waals surface area contributed by atoms with Crippen LogP contribution < -0.4 is 28.6 Å². The van der Waals surface area contributed by atoms with Crippen LogP contribution in [-0.2, 0) is 26.2 Å². The Kier molecular flexibility index (Phi) is 12.5. The third kappa shape index (κ3) is 8.39. The van der Waals surface area contributed by atoms with Gasteiger partial charge in [0.15, 0.2) is 11.5 Å². The van der Waals surface area contributed by atoms with Crippen LogP contribution in [0.4, 0.5) is 5.69 Å². The minimum absolute atomic E-state index is 0.0795. The number of anilines is 1. The fourth-order valence-corrected chi connectivity index (χ4v) is 6.13. The number of methoxy groups -OCH3 is 4. The molecule has 0 aromatic heterocycles. The average molecular weight is 642 g/mol. The minimum Gasteiger partial charge on any atom is -0.497 e. The van der Waals surface area contributed by atoms with Crippen molar-refractivity contribution in [1.82, 2.24) is 10.2 Å². The van der Waals surface area contributed by atoms with E-state index in [-0.39, 0.29) is 34.5 Å². The molecule has 1 atom stereocenters. The number of sulfonamides is 1. The fourth-order valence-electron chi connectivity index (χ4n) is 4.70. The van der Waals surface area contributed by atoms with E-state index in [1.54, 1.807) is 19.1 Å². The molecule has 2 amide bonds. The second-order valence-electron chi connectivity index (χ2n) is 10.3. The number of carbonyl (C=O) groups is 2. The Hall–Kier alpha value is -4.45. The van der Waals surface area contributed by atoms with Crippen LogP contribution in [0.1, 0.15) is 37.8 Å². The Morgan fingerprint density at radius 1 is 0.867 bits per heavy atom. The van der Waals surface area contributed by atoms with Crippen molar-refractivity contribution in [2.24, 2.45) is 0 Å². The van der Waals surface area contributed by atoms with Gasteiger partial charge in [0.2, 0.25) is 11.8 Å². The van der Waals surface area contributed by atoms with Crippen LogP contribution in [0.3, 0.4) is 0 Å². The van der Waals surface area contributed by atoms with Gasteiger partial charge in [-0.1, -0.05) is 37.6 Å². The van der Waals surface area contributed by atoms with Crippen molar-refractivity contribution < 1.29 is 37.0 Å². The third-order valence-electron chi connectivity index (χ3n) is 7.48.